The van der Waals surface area contributed by atoms with Crippen molar-refractivity contribution in [3.8, 4) is 39.1 Å². The van der Waals surface area contributed by atoms with Crippen LogP contribution in [0.1, 0.15) is 38.7 Å². The molecule has 0 bridgehead atoms. The van der Waals surface area contributed by atoms with Crippen LogP contribution in [0, 0.1) is 12.8 Å². The summed E-state index contributed by atoms with van der Waals surface area (Å²) in [5.74, 6) is 2.77. The number of rotatable bonds is 11. The zero-order chi connectivity index (χ0) is 39.0. The number of hydrogen-bond acceptors (Lipinski definition) is 6. The van der Waals surface area contributed by atoms with Gasteiger partial charge in [-0.3, -0.25) is 0 Å². The molecule has 55 heavy (non-hydrogen) atoms. The lowest BCUT2D eigenvalue weighted by atomic mass is 10.0. The number of epoxide rings is 1. The molecular formula is C49H55NO4S. The van der Waals surface area contributed by atoms with Crippen LogP contribution in [0.2, 0.25) is 0 Å². The average molecular weight is 754 g/mol. The van der Waals surface area contributed by atoms with Gasteiger partial charge in [-0.25, -0.2) is 0 Å². The van der Waals surface area contributed by atoms with Gasteiger partial charge in [0.1, 0.15) is 12.4 Å². The highest BCUT2D eigenvalue weighted by molar-refractivity contribution is 7.80. The van der Waals surface area contributed by atoms with Gasteiger partial charge in [-0.1, -0.05) is 135 Å². The minimum Gasteiger partial charge on any atom is -0.491 e. The molecule has 2 aliphatic rings. The van der Waals surface area contributed by atoms with Crippen molar-refractivity contribution in [1.82, 2.24) is 0 Å². The van der Waals surface area contributed by atoms with Gasteiger partial charge in [-0.05, 0) is 102 Å². The van der Waals surface area contributed by atoms with Gasteiger partial charge < -0.3 is 24.6 Å². The van der Waals surface area contributed by atoms with Crippen molar-refractivity contribution in [1.29, 1.82) is 0 Å². The lowest BCUT2D eigenvalue weighted by Crippen LogP contribution is -2.12. The Morgan fingerprint density at radius 3 is 1.33 bits per heavy atom. The van der Waals surface area contributed by atoms with Crippen molar-refractivity contribution < 1.29 is 19.7 Å². The molecular weight excluding hydrogens is 699 g/mol. The summed E-state index contributed by atoms with van der Waals surface area (Å²) in [4.78, 5) is 2.30. The zero-order valence-corrected chi connectivity index (χ0v) is 33.4. The Morgan fingerprint density at radius 1 is 0.636 bits per heavy atom. The number of nitrogens with zero attached hydrogens (tertiary/aromatic N) is 1. The van der Waals surface area contributed by atoms with Gasteiger partial charge in [0, 0.05) is 29.9 Å². The molecule has 1 heterocycles. The minimum atomic E-state index is -0.497. The normalized spacial score (nSPS) is 14.4. The molecule has 1 aliphatic heterocycles. The smallest absolute Gasteiger partial charge is 0.119 e. The minimum absolute atomic E-state index is 0.280. The number of benzene rings is 6. The van der Waals surface area contributed by atoms with E-state index in [9.17, 15) is 5.11 Å². The van der Waals surface area contributed by atoms with Crippen molar-refractivity contribution in [3.63, 3.8) is 0 Å². The highest BCUT2D eigenvalue weighted by Crippen LogP contribution is 2.38. The summed E-state index contributed by atoms with van der Waals surface area (Å²) in [6.07, 6.45) is 4.44. The molecule has 286 valence electrons. The van der Waals surface area contributed by atoms with Crippen LogP contribution in [0.25, 0.3) is 33.4 Å². The Hall–Kier alpha value is -4.85. The molecule has 0 amide bonds. The fraction of sp³-hybridized carbons (Fsp3) is 0.265. The van der Waals surface area contributed by atoms with Crippen LogP contribution in [0.3, 0.4) is 0 Å². The molecule has 6 aromatic carbocycles. The third kappa shape index (κ3) is 12.9. The third-order valence-corrected chi connectivity index (χ3v) is 9.83. The Balaban J connectivity index is 0.000000415. The van der Waals surface area contributed by atoms with Crippen molar-refractivity contribution in [2.24, 2.45) is 5.92 Å². The molecule has 6 aromatic rings. The Morgan fingerprint density at radius 2 is 1.02 bits per heavy atom. The SMILES string of the molecule is CCC1CC1.CO.Cc1ccc(-c2ccc(N(c3ccc(-c4ccccc4)cc3)c3ccc(-c4ccc(OCC(C)O)cc4)cc3)cc2)cc1.SCC1CO1. The summed E-state index contributed by atoms with van der Waals surface area (Å²) in [7, 11) is 1.00. The highest BCUT2D eigenvalue weighted by atomic mass is 32.1. The summed E-state index contributed by atoms with van der Waals surface area (Å²) < 4.78 is 10.4. The van der Waals surface area contributed by atoms with Crippen molar-refractivity contribution in [3.05, 3.63) is 157 Å². The first kappa shape index (κ1) is 41.3. The second-order valence-electron chi connectivity index (χ2n) is 13.9. The first-order valence-electron chi connectivity index (χ1n) is 19.2. The van der Waals surface area contributed by atoms with Crippen LogP contribution in [0.4, 0.5) is 17.1 Å². The number of thiol groups is 1. The van der Waals surface area contributed by atoms with Crippen LogP contribution in [-0.2, 0) is 4.74 Å². The molecule has 6 heteroatoms. The van der Waals surface area contributed by atoms with E-state index < -0.39 is 6.10 Å². The highest BCUT2D eigenvalue weighted by Gasteiger charge is 2.19. The molecule has 1 saturated carbocycles. The van der Waals surface area contributed by atoms with E-state index in [0.29, 0.717) is 6.10 Å². The first-order valence-corrected chi connectivity index (χ1v) is 19.8. The van der Waals surface area contributed by atoms with Gasteiger partial charge in [0.15, 0.2) is 0 Å². The van der Waals surface area contributed by atoms with E-state index in [-0.39, 0.29) is 6.61 Å². The summed E-state index contributed by atoms with van der Waals surface area (Å²) in [6.45, 7) is 7.31. The maximum atomic E-state index is 9.49. The average Bonchev–Trinajstić information content (AvgIpc) is 4.19. The number of hydrogen-bond donors (Lipinski definition) is 3. The Kier molecular flexibility index (Phi) is 16.0. The van der Waals surface area contributed by atoms with E-state index in [1.807, 2.05) is 18.2 Å². The number of aryl methyl sites for hydroxylation is 1. The molecule has 1 saturated heterocycles. The lowest BCUT2D eigenvalue weighted by molar-refractivity contribution is 0.123. The van der Waals surface area contributed by atoms with Crippen molar-refractivity contribution >= 4 is 29.7 Å². The van der Waals surface area contributed by atoms with Crippen LogP contribution in [-0.4, -0.2) is 48.5 Å². The molecule has 0 radical (unpaired) electrons. The number of aliphatic hydroxyl groups excluding tert-OH is 2. The first-order chi connectivity index (χ1) is 26.9. The zero-order valence-electron chi connectivity index (χ0n) is 32.5. The van der Waals surface area contributed by atoms with E-state index >= 15 is 0 Å². The van der Waals surface area contributed by atoms with Crippen LogP contribution >= 0.6 is 12.6 Å². The fourth-order valence-electron chi connectivity index (χ4n) is 5.89. The Labute approximate surface area is 333 Å². The molecule has 0 aromatic heterocycles. The predicted octanol–water partition coefficient (Wildman–Crippen LogP) is 12.0. The van der Waals surface area contributed by atoms with E-state index in [0.717, 1.165) is 59.3 Å². The third-order valence-electron chi connectivity index (χ3n) is 9.43. The monoisotopic (exact) mass is 753 g/mol. The molecule has 2 fully saturated rings. The number of aliphatic hydroxyl groups is 2. The largest absolute Gasteiger partial charge is 0.491 e. The number of anilines is 3. The standard InChI is InChI=1S/C40H35NO2.C5H10.C3H6OS.CH4O/c1-29-8-10-32(11-9-29)34-14-22-38(23-15-34)41(37-20-12-33(13-21-37)31-6-4-3-5-7-31)39-24-16-35(17-25-39)36-18-26-40(27-19-36)43-28-30(2)42;1-2-5-3-4-5;5-2-3-1-4-3;1-2/h3-27,30,42H,28H2,1-2H3;5H,2-4H2,1H3;3,5H,1-2H2;2H,1H3. The quantitative estimate of drug-likeness (QED) is 0.0908. The molecule has 5 nitrogen and oxygen atoms in total. The summed E-state index contributed by atoms with van der Waals surface area (Å²) in [5, 5.41) is 16.5. The van der Waals surface area contributed by atoms with Crippen LogP contribution in [0.5, 0.6) is 5.75 Å². The second kappa shape index (κ2) is 21.3. The van der Waals surface area contributed by atoms with Crippen molar-refractivity contribution in [2.75, 3.05) is 31.0 Å². The maximum Gasteiger partial charge on any atom is 0.119 e. The number of ether oxygens (including phenoxy) is 2. The van der Waals surface area contributed by atoms with Gasteiger partial charge in [0.25, 0.3) is 0 Å². The van der Waals surface area contributed by atoms with Gasteiger partial charge >= 0.3 is 0 Å². The maximum absolute atomic E-state index is 9.49. The second-order valence-corrected chi connectivity index (χ2v) is 14.2. The topological polar surface area (TPSA) is 65.5 Å². The molecule has 2 N–H and O–H groups in total. The van der Waals surface area contributed by atoms with Crippen LogP contribution in [0.15, 0.2) is 152 Å². The van der Waals surface area contributed by atoms with E-state index in [4.69, 9.17) is 14.6 Å². The Bertz CT molecular complexity index is 1940. The van der Waals surface area contributed by atoms with Crippen molar-refractivity contribution in [2.45, 2.75) is 52.2 Å². The molecule has 2 atom stereocenters. The summed E-state index contributed by atoms with van der Waals surface area (Å²) in [5.41, 5.74) is 11.6. The molecule has 8 rings (SSSR count). The van der Waals surface area contributed by atoms with E-state index in [1.165, 1.54) is 47.1 Å². The van der Waals surface area contributed by atoms with Gasteiger partial charge in [-0.15, -0.1) is 0 Å². The molecule has 1 aliphatic carbocycles. The summed E-state index contributed by atoms with van der Waals surface area (Å²) >= 11 is 3.95. The van der Waals surface area contributed by atoms with Gasteiger partial charge in [0.2, 0.25) is 0 Å². The van der Waals surface area contributed by atoms with E-state index in [1.54, 1.807) is 6.92 Å². The molecule has 0 spiro atoms. The predicted molar refractivity (Wildman–Crippen MR) is 234 cm³/mol. The van der Waals surface area contributed by atoms with Crippen LogP contribution < -0.4 is 9.64 Å². The lowest BCUT2D eigenvalue weighted by Gasteiger charge is -2.26. The van der Waals surface area contributed by atoms with Gasteiger partial charge in [-0.2, -0.15) is 12.6 Å². The molecule has 2 unspecified atom stereocenters. The van der Waals surface area contributed by atoms with Gasteiger partial charge in [0.05, 0.1) is 18.8 Å². The van der Waals surface area contributed by atoms with E-state index in [2.05, 4.69) is 165 Å². The fourth-order valence-corrected chi connectivity index (χ4v) is 6.10. The summed E-state index contributed by atoms with van der Waals surface area (Å²) in [6, 6.07) is 53.3.